The fourth-order valence-corrected chi connectivity index (χ4v) is 4.25. The number of ether oxygens (including phenoxy) is 1. The Morgan fingerprint density at radius 2 is 1.94 bits per heavy atom. The Morgan fingerprint density at radius 1 is 1.31 bits per heavy atom. The Labute approximate surface area is 98.7 Å². The van der Waals surface area contributed by atoms with Gasteiger partial charge in [0.05, 0.1) is 12.5 Å². The zero-order valence-electron chi connectivity index (χ0n) is 11.2. The molecule has 2 rings (SSSR count). The van der Waals surface area contributed by atoms with E-state index in [9.17, 15) is 4.79 Å². The molecule has 0 unspecified atom stereocenters. The van der Waals surface area contributed by atoms with Crippen molar-refractivity contribution in [2.45, 2.75) is 47.0 Å². The first-order chi connectivity index (χ1) is 7.31. The fraction of sp³-hybridized carbons (Fsp3) is 0.929. The summed E-state index contributed by atoms with van der Waals surface area (Å²) in [6.07, 6.45) is 3.86. The Balaban J connectivity index is 2.23. The third kappa shape index (κ3) is 1.42. The zero-order valence-corrected chi connectivity index (χ0v) is 11.2. The van der Waals surface area contributed by atoms with Gasteiger partial charge in [0.25, 0.3) is 0 Å². The molecule has 2 fully saturated rings. The van der Waals surface area contributed by atoms with Gasteiger partial charge in [-0.2, -0.15) is 0 Å². The zero-order chi connectivity index (χ0) is 12.1. The number of carbonyl (C=O) groups excluding carboxylic acids is 1. The molecule has 0 amide bonds. The van der Waals surface area contributed by atoms with Gasteiger partial charge in [-0.05, 0) is 56.3 Å². The number of rotatable bonds is 2. The topological polar surface area (TPSA) is 26.3 Å². The third-order valence-corrected chi connectivity index (χ3v) is 5.50. The maximum absolute atomic E-state index is 11.9. The second-order valence-corrected chi connectivity index (χ2v) is 6.76. The number of esters is 1. The lowest BCUT2D eigenvalue weighted by molar-refractivity contribution is -0.155. The molecule has 0 saturated heterocycles. The van der Waals surface area contributed by atoms with E-state index in [4.69, 9.17) is 4.74 Å². The van der Waals surface area contributed by atoms with E-state index >= 15 is 0 Å². The average molecular weight is 224 g/mol. The van der Waals surface area contributed by atoms with Gasteiger partial charge in [-0.3, -0.25) is 4.79 Å². The van der Waals surface area contributed by atoms with Gasteiger partial charge in [0.1, 0.15) is 0 Å². The monoisotopic (exact) mass is 224 g/mol. The highest BCUT2D eigenvalue weighted by Crippen LogP contribution is 2.64. The minimum Gasteiger partial charge on any atom is -0.469 e. The van der Waals surface area contributed by atoms with Crippen molar-refractivity contribution in [2.24, 2.45) is 28.6 Å². The van der Waals surface area contributed by atoms with Crippen molar-refractivity contribution in [1.82, 2.24) is 0 Å². The maximum atomic E-state index is 11.9. The van der Waals surface area contributed by atoms with Crippen LogP contribution in [0, 0.1) is 28.6 Å². The van der Waals surface area contributed by atoms with E-state index in [1.54, 1.807) is 0 Å². The highest BCUT2D eigenvalue weighted by Gasteiger charge is 2.58. The van der Waals surface area contributed by atoms with Crippen molar-refractivity contribution in [3.8, 4) is 0 Å². The lowest BCUT2D eigenvalue weighted by Crippen LogP contribution is -2.38. The molecule has 0 heterocycles. The first kappa shape index (κ1) is 11.9. The summed E-state index contributed by atoms with van der Waals surface area (Å²) in [7, 11) is 1.50. The van der Waals surface area contributed by atoms with Gasteiger partial charge in [-0.1, -0.05) is 13.8 Å². The Kier molecular flexibility index (Phi) is 2.60. The van der Waals surface area contributed by atoms with Crippen LogP contribution in [-0.4, -0.2) is 13.1 Å². The van der Waals surface area contributed by atoms with Crippen LogP contribution in [0.3, 0.4) is 0 Å². The number of fused-ring (bicyclic) bond motifs is 2. The largest absolute Gasteiger partial charge is 0.469 e. The highest BCUT2D eigenvalue weighted by molar-refractivity contribution is 5.76. The van der Waals surface area contributed by atoms with E-state index in [0.29, 0.717) is 17.3 Å². The molecule has 2 saturated carbocycles. The van der Waals surface area contributed by atoms with Crippen LogP contribution in [0.15, 0.2) is 0 Å². The molecule has 92 valence electrons. The molecule has 0 aromatic heterocycles. The summed E-state index contributed by atoms with van der Waals surface area (Å²) >= 11 is 0. The van der Waals surface area contributed by atoms with Crippen LogP contribution in [0.2, 0.25) is 0 Å². The maximum Gasteiger partial charge on any atom is 0.311 e. The summed E-state index contributed by atoms with van der Waals surface area (Å²) < 4.78 is 4.96. The molecule has 2 aliphatic rings. The number of hydrogen-bond donors (Lipinski definition) is 0. The van der Waals surface area contributed by atoms with Crippen molar-refractivity contribution >= 4 is 5.97 Å². The smallest absolute Gasteiger partial charge is 0.311 e. The minimum absolute atomic E-state index is 0.0409. The summed E-state index contributed by atoms with van der Waals surface area (Å²) in [4.78, 5) is 11.9. The summed E-state index contributed by atoms with van der Waals surface area (Å²) in [5.41, 5.74) is 0.113. The van der Waals surface area contributed by atoms with Gasteiger partial charge in [-0.15, -0.1) is 0 Å². The van der Waals surface area contributed by atoms with Gasteiger partial charge in [0, 0.05) is 0 Å². The van der Waals surface area contributed by atoms with E-state index in [2.05, 4.69) is 27.7 Å². The number of methoxy groups -OCH3 is 1. The van der Waals surface area contributed by atoms with Crippen molar-refractivity contribution in [1.29, 1.82) is 0 Å². The SMILES string of the molecule is COC(=O)C(C)(C)[C@H]1C[C@@H]2CC[C@@H]1C2(C)C. The van der Waals surface area contributed by atoms with Crippen LogP contribution >= 0.6 is 0 Å². The van der Waals surface area contributed by atoms with Gasteiger partial charge in [0.2, 0.25) is 0 Å². The molecule has 2 aliphatic carbocycles. The van der Waals surface area contributed by atoms with Crippen molar-refractivity contribution in [3.05, 3.63) is 0 Å². The van der Waals surface area contributed by atoms with Crippen molar-refractivity contribution < 1.29 is 9.53 Å². The molecule has 16 heavy (non-hydrogen) atoms. The second kappa shape index (κ2) is 3.48. The Morgan fingerprint density at radius 3 is 2.31 bits per heavy atom. The second-order valence-electron chi connectivity index (χ2n) is 6.76. The first-order valence-corrected chi connectivity index (χ1v) is 6.40. The predicted octanol–water partition coefficient (Wildman–Crippen LogP) is 3.26. The van der Waals surface area contributed by atoms with Crippen LogP contribution in [0.4, 0.5) is 0 Å². The van der Waals surface area contributed by atoms with Gasteiger partial charge in [-0.25, -0.2) is 0 Å². The Bertz CT molecular complexity index is 304. The molecule has 2 heteroatoms. The molecular formula is C14H24O2. The van der Waals surface area contributed by atoms with Gasteiger partial charge < -0.3 is 4.74 Å². The number of carbonyl (C=O) groups is 1. The number of hydrogen-bond acceptors (Lipinski definition) is 2. The lowest BCUT2D eigenvalue weighted by atomic mass is 9.68. The summed E-state index contributed by atoms with van der Waals surface area (Å²) in [6.45, 7) is 8.87. The molecule has 0 radical (unpaired) electrons. The quantitative estimate of drug-likeness (QED) is 0.673. The van der Waals surface area contributed by atoms with Crippen LogP contribution in [-0.2, 0) is 9.53 Å². The minimum atomic E-state index is -0.314. The summed E-state index contributed by atoms with van der Waals surface area (Å²) in [5.74, 6) is 1.98. The van der Waals surface area contributed by atoms with E-state index in [1.165, 1.54) is 26.4 Å². The molecule has 0 N–H and O–H groups in total. The van der Waals surface area contributed by atoms with E-state index in [0.717, 1.165) is 5.92 Å². The lowest BCUT2D eigenvalue weighted by Gasteiger charge is -2.36. The highest BCUT2D eigenvalue weighted by atomic mass is 16.5. The molecule has 0 aromatic rings. The molecular weight excluding hydrogens is 200 g/mol. The Hall–Kier alpha value is -0.530. The third-order valence-electron chi connectivity index (χ3n) is 5.50. The average Bonchev–Trinajstić information content (AvgIpc) is 2.66. The normalized spacial score (nSPS) is 36.4. The molecule has 3 atom stereocenters. The molecule has 2 nitrogen and oxygen atoms in total. The van der Waals surface area contributed by atoms with E-state index in [1.807, 2.05) is 0 Å². The van der Waals surface area contributed by atoms with Crippen LogP contribution in [0.25, 0.3) is 0 Å². The molecule has 0 aliphatic heterocycles. The van der Waals surface area contributed by atoms with E-state index < -0.39 is 0 Å². The van der Waals surface area contributed by atoms with Crippen LogP contribution < -0.4 is 0 Å². The van der Waals surface area contributed by atoms with E-state index in [-0.39, 0.29) is 11.4 Å². The van der Waals surface area contributed by atoms with Gasteiger partial charge >= 0.3 is 5.97 Å². The summed E-state index contributed by atoms with van der Waals surface area (Å²) in [6, 6.07) is 0. The standard InChI is InChI=1S/C14H24O2/c1-13(2)9-6-7-10(13)11(8-9)14(3,4)12(15)16-5/h9-11H,6-8H2,1-5H3/t9-,10-,11-/m0/s1. The van der Waals surface area contributed by atoms with Crippen LogP contribution in [0.1, 0.15) is 47.0 Å². The fourth-order valence-electron chi connectivity index (χ4n) is 4.25. The van der Waals surface area contributed by atoms with Crippen LogP contribution in [0.5, 0.6) is 0 Å². The molecule has 0 spiro atoms. The summed E-state index contributed by atoms with van der Waals surface area (Å²) in [5, 5.41) is 0. The first-order valence-electron chi connectivity index (χ1n) is 6.40. The van der Waals surface area contributed by atoms with Crippen molar-refractivity contribution in [2.75, 3.05) is 7.11 Å². The van der Waals surface area contributed by atoms with Gasteiger partial charge in [0.15, 0.2) is 0 Å². The molecule has 0 aromatic carbocycles. The predicted molar refractivity (Wildman–Crippen MR) is 63.9 cm³/mol. The van der Waals surface area contributed by atoms with Crippen molar-refractivity contribution in [3.63, 3.8) is 0 Å². The molecule has 2 bridgehead atoms.